The lowest BCUT2D eigenvalue weighted by atomic mass is 10.2. The van der Waals surface area contributed by atoms with Crippen LogP contribution in [-0.2, 0) is 11.3 Å². The Morgan fingerprint density at radius 1 is 1.36 bits per heavy atom. The normalized spacial score (nSPS) is 9.43. The number of hydrogen-bond acceptors (Lipinski definition) is 2. The highest BCUT2D eigenvalue weighted by Gasteiger charge is 2.08. The zero-order chi connectivity index (χ0) is 10.4. The molecule has 74 valence electrons. The summed E-state index contributed by atoms with van der Waals surface area (Å²) in [5.41, 5.74) is 6.05. The molecule has 0 atom stereocenters. The number of benzene rings is 1. The lowest BCUT2D eigenvalue weighted by Crippen LogP contribution is -2.36. The predicted molar refractivity (Wildman–Crippen MR) is 52.5 cm³/mol. The van der Waals surface area contributed by atoms with Crippen LogP contribution in [0, 0.1) is 0 Å². The highest BCUT2D eigenvalue weighted by molar-refractivity contribution is 5.74. The van der Waals surface area contributed by atoms with E-state index in [1.807, 2.05) is 30.3 Å². The van der Waals surface area contributed by atoms with Gasteiger partial charge >= 0.3 is 6.03 Å². The molecule has 1 aromatic rings. The number of primary amides is 1. The van der Waals surface area contributed by atoms with E-state index >= 15 is 0 Å². The Morgan fingerprint density at radius 2 is 2.00 bits per heavy atom. The first-order valence-corrected chi connectivity index (χ1v) is 4.26. The Bertz CT molecular complexity index is 311. The quantitative estimate of drug-likeness (QED) is 0.716. The summed E-state index contributed by atoms with van der Waals surface area (Å²) in [6, 6.07) is 8.80. The molecule has 0 bridgehead atoms. The third-order valence-corrected chi connectivity index (χ3v) is 1.82. The van der Waals surface area contributed by atoms with Gasteiger partial charge in [0.2, 0.25) is 0 Å². The van der Waals surface area contributed by atoms with Crippen LogP contribution in [0.25, 0.3) is 0 Å². The molecule has 14 heavy (non-hydrogen) atoms. The Kier molecular flexibility index (Phi) is 3.67. The molecule has 0 saturated carbocycles. The van der Waals surface area contributed by atoms with Gasteiger partial charge in [-0.15, -0.1) is 0 Å². The van der Waals surface area contributed by atoms with Crippen molar-refractivity contribution in [2.45, 2.75) is 6.54 Å². The van der Waals surface area contributed by atoms with Gasteiger partial charge in [0.25, 0.3) is 0 Å². The fourth-order valence-corrected chi connectivity index (χ4v) is 1.13. The molecule has 0 spiro atoms. The molecule has 0 aliphatic heterocycles. The summed E-state index contributed by atoms with van der Waals surface area (Å²) in [5, 5.41) is 0. The van der Waals surface area contributed by atoms with E-state index in [-0.39, 0.29) is 6.54 Å². The van der Waals surface area contributed by atoms with E-state index in [9.17, 15) is 9.59 Å². The Hall–Kier alpha value is -1.84. The maximum Gasteiger partial charge on any atom is 0.315 e. The van der Waals surface area contributed by atoms with Crippen molar-refractivity contribution in [3.05, 3.63) is 35.9 Å². The van der Waals surface area contributed by atoms with E-state index in [1.165, 1.54) is 4.90 Å². The van der Waals surface area contributed by atoms with Gasteiger partial charge in [-0.25, -0.2) is 4.79 Å². The Balaban J connectivity index is 2.64. The first kappa shape index (κ1) is 10.2. The molecule has 1 aromatic carbocycles. The van der Waals surface area contributed by atoms with Crippen molar-refractivity contribution in [1.82, 2.24) is 4.90 Å². The maximum absolute atomic E-state index is 10.9. The van der Waals surface area contributed by atoms with Crippen molar-refractivity contribution >= 4 is 12.3 Å². The smallest absolute Gasteiger partial charge is 0.315 e. The number of nitrogens with zero attached hydrogens (tertiary/aromatic N) is 1. The summed E-state index contributed by atoms with van der Waals surface area (Å²) in [5.74, 6) is 0. The number of hydrogen-bond donors (Lipinski definition) is 1. The van der Waals surface area contributed by atoms with Crippen LogP contribution in [0.3, 0.4) is 0 Å². The fourth-order valence-electron chi connectivity index (χ4n) is 1.13. The van der Waals surface area contributed by atoms with Crippen molar-refractivity contribution in [1.29, 1.82) is 0 Å². The van der Waals surface area contributed by atoms with Crippen LogP contribution in [0.2, 0.25) is 0 Å². The molecule has 1 rings (SSSR count). The molecule has 0 aliphatic carbocycles. The van der Waals surface area contributed by atoms with Crippen molar-refractivity contribution < 1.29 is 9.59 Å². The van der Waals surface area contributed by atoms with Crippen LogP contribution in [0.15, 0.2) is 30.3 Å². The van der Waals surface area contributed by atoms with Gasteiger partial charge in [0, 0.05) is 6.54 Å². The van der Waals surface area contributed by atoms with E-state index in [4.69, 9.17) is 5.73 Å². The van der Waals surface area contributed by atoms with Crippen LogP contribution in [0.5, 0.6) is 0 Å². The van der Waals surface area contributed by atoms with Crippen LogP contribution >= 0.6 is 0 Å². The number of carbonyl (C=O) groups excluding carboxylic acids is 2. The van der Waals surface area contributed by atoms with Crippen LogP contribution < -0.4 is 5.73 Å². The molecule has 0 fully saturated rings. The minimum atomic E-state index is -0.582. The second-order valence-electron chi connectivity index (χ2n) is 2.87. The van der Waals surface area contributed by atoms with Crippen molar-refractivity contribution in [3.8, 4) is 0 Å². The van der Waals surface area contributed by atoms with Gasteiger partial charge in [0.15, 0.2) is 0 Å². The summed E-state index contributed by atoms with van der Waals surface area (Å²) >= 11 is 0. The van der Waals surface area contributed by atoms with Crippen LogP contribution in [0.1, 0.15) is 5.56 Å². The van der Waals surface area contributed by atoms with Gasteiger partial charge in [-0.1, -0.05) is 30.3 Å². The van der Waals surface area contributed by atoms with Crippen LogP contribution in [0.4, 0.5) is 4.79 Å². The molecule has 0 saturated heterocycles. The molecule has 0 aromatic heterocycles. The maximum atomic E-state index is 10.9. The highest BCUT2D eigenvalue weighted by Crippen LogP contribution is 2.02. The number of aldehydes is 1. The molecule has 0 radical (unpaired) electrons. The van der Waals surface area contributed by atoms with Crippen LogP contribution in [-0.4, -0.2) is 23.8 Å². The molecule has 4 heteroatoms. The van der Waals surface area contributed by atoms with Gasteiger partial charge < -0.3 is 15.4 Å². The first-order valence-electron chi connectivity index (χ1n) is 4.26. The monoisotopic (exact) mass is 192 g/mol. The number of nitrogens with two attached hydrogens (primary N) is 1. The summed E-state index contributed by atoms with van der Waals surface area (Å²) in [6.45, 7) is 0.402. The SMILES string of the molecule is NC(=O)N(CC=O)Cc1ccccc1. The molecule has 0 aliphatic rings. The van der Waals surface area contributed by atoms with E-state index in [2.05, 4.69) is 0 Å². The second-order valence-corrected chi connectivity index (χ2v) is 2.87. The number of rotatable bonds is 4. The van der Waals surface area contributed by atoms with E-state index in [0.29, 0.717) is 12.8 Å². The topological polar surface area (TPSA) is 63.4 Å². The second kappa shape index (κ2) is 5.01. The molecule has 0 heterocycles. The molecule has 4 nitrogen and oxygen atoms in total. The van der Waals surface area contributed by atoms with Gasteiger partial charge in [-0.2, -0.15) is 0 Å². The van der Waals surface area contributed by atoms with Crippen molar-refractivity contribution in [3.63, 3.8) is 0 Å². The minimum Gasteiger partial charge on any atom is -0.351 e. The third kappa shape index (κ3) is 2.90. The average molecular weight is 192 g/mol. The van der Waals surface area contributed by atoms with E-state index in [1.54, 1.807) is 0 Å². The Labute approximate surface area is 82.3 Å². The number of carbonyl (C=O) groups is 2. The zero-order valence-corrected chi connectivity index (χ0v) is 7.72. The van der Waals surface area contributed by atoms with Gasteiger partial charge in [0.1, 0.15) is 6.29 Å². The van der Waals surface area contributed by atoms with Crippen molar-refractivity contribution in [2.75, 3.05) is 6.54 Å². The zero-order valence-electron chi connectivity index (χ0n) is 7.72. The summed E-state index contributed by atoms with van der Waals surface area (Å²) in [4.78, 5) is 22.4. The van der Waals surface area contributed by atoms with E-state index in [0.717, 1.165) is 5.56 Å². The highest BCUT2D eigenvalue weighted by atomic mass is 16.2. The number of amides is 2. The predicted octanol–water partition coefficient (Wildman–Crippen LogP) is 0.766. The molecular weight excluding hydrogens is 180 g/mol. The van der Waals surface area contributed by atoms with Crippen molar-refractivity contribution in [2.24, 2.45) is 5.73 Å². The first-order chi connectivity index (χ1) is 6.74. The number of urea groups is 1. The molecular formula is C10H12N2O2. The average Bonchev–Trinajstić information content (AvgIpc) is 2.18. The largest absolute Gasteiger partial charge is 0.351 e. The van der Waals surface area contributed by atoms with Gasteiger partial charge in [-0.3, -0.25) is 0 Å². The molecule has 2 N–H and O–H groups in total. The Morgan fingerprint density at radius 3 is 2.50 bits per heavy atom. The van der Waals surface area contributed by atoms with Gasteiger partial charge in [0.05, 0.1) is 6.54 Å². The summed E-state index contributed by atoms with van der Waals surface area (Å²) in [7, 11) is 0. The van der Waals surface area contributed by atoms with E-state index < -0.39 is 6.03 Å². The molecule has 0 unspecified atom stereocenters. The third-order valence-electron chi connectivity index (χ3n) is 1.82. The summed E-state index contributed by atoms with van der Waals surface area (Å²) in [6.07, 6.45) is 0.660. The summed E-state index contributed by atoms with van der Waals surface area (Å²) < 4.78 is 0. The lowest BCUT2D eigenvalue weighted by Gasteiger charge is -2.17. The molecule has 2 amide bonds. The van der Waals surface area contributed by atoms with Gasteiger partial charge in [-0.05, 0) is 5.56 Å². The lowest BCUT2D eigenvalue weighted by molar-refractivity contribution is -0.108. The standard InChI is InChI=1S/C10H12N2O2/c11-10(14)12(6-7-13)8-9-4-2-1-3-5-9/h1-5,7H,6,8H2,(H2,11,14). The minimum absolute atomic E-state index is 0.0320. The fraction of sp³-hybridized carbons (Fsp3) is 0.200.